The van der Waals surface area contributed by atoms with Crippen molar-refractivity contribution in [1.82, 2.24) is 19.6 Å². The topological polar surface area (TPSA) is 94.9 Å². The number of ether oxygens (including phenoxy) is 2. The van der Waals surface area contributed by atoms with Gasteiger partial charge in [-0.15, -0.1) is 0 Å². The highest BCUT2D eigenvalue weighted by Crippen LogP contribution is 2.36. The Morgan fingerprint density at radius 1 is 0.854 bits per heavy atom. The molecule has 11 nitrogen and oxygen atoms in total. The third kappa shape index (κ3) is 6.73. The number of carbonyl (C=O) groups excluding carboxylic acids is 1. The van der Waals surface area contributed by atoms with Crippen molar-refractivity contribution in [2.45, 2.75) is 83.6 Å². The van der Waals surface area contributed by atoms with Crippen molar-refractivity contribution in [3.8, 4) is 5.75 Å². The fourth-order valence-corrected chi connectivity index (χ4v) is 7.08. The molecule has 228 valence electrons. The summed E-state index contributed by atoms with van der Waals surface area (Å²) >= 11 is 0. The van der Waals surface area contributed by atoms with Crippen LogP contribution < -0.4 is 9.64 Å². The molecule has 1 aromatic rings. The summed E-state index contributed by atoms with van der Waals surface area (Å²) in [7, 11) is 1.49. The molecule has 1 atom stereocenters. The molecular weight excluding hydrogens is 524 g/mol. The van der Waals surface area contributed by atoms with Crippen molar-refractivity contribution in [2.75, 3.05) is 70.9 Å². The molecule has 0 N–H and O–H groups in total. The minimum absolute atomic E-state index is 0.0259. The van der Waals surface area contributed by atoms with Gasteiger partial charge in [0.2, 0.25) is 0 Å². The Bertz CT molecular complexity index is 1090. The van der Waals surface area contributed by atoms with E-state index in [1.165, 1.54) is 7.11 Å². The number of benzene rings is 1. The number of likely N-dealkylation sites (tertiary alicyclic amines) is 2. The van der Waals surface area contributed by atoms with Gasteiger partial charge in [-0.05, 0) is 65.4 Å². The first-order valence-electron chi connectivity index (χ1n) is 15.3. The number of nitro benzene ring substituents is 1. The number of hydrogen-bond acceptors (Lipinski definition) is 9. The molecule has 0 saturated carbocycles. The van der Waals surface area contributed by atoms with E-state index in [9.17, 15) is 14.9 Å². The third-order valence-corrected chi connectivity index (χ3v) is 9.42. The molecule has 4 aliphatic heterocycles. The zero-order chi connectivity index (χ0) is 29.3. The number of rotatable bonds is 6. The van der Waals surface area contributed by atoms with Gasteiger partial charge in [0.15, 0.2) is 5.75 Å². The van der Waals surface area contributed by atoms with Crippen molar-refractivity contribution in [3.63, 3.8) is 0 Å². The summed E-state index contributed by atoms with van der Waals surface area (Å²) in [6, 6.07) is 4.68. The van der Waals surface area contributed by atoms with Crippen LogP contribution in [-0.4, -0.2) is 120 Å². The SMILES string of the molecule is COc1cc(N2CCC(N3CCN(C4CCN(C5CCN5C(=O)OC(C)(C)C)CC4)CC3)CC2)c(C)cc1[N+](=O)[O-]. The molecule has 11 heteroatoms. The fraction of sp³-hybridized carbons (Fsp3) is 0.767. The van der Waals surface area contributed by atoms with E-state index in [1.807, 2.05) is 38.7 Å². The van der Waals surface area contributed by atoms with Gasteiger partial charge >= 0.3 is 11.8 Å². The van der Waals surface area contributed by atoms with Crippen molar-refractivity contribution >= 4 is 17.5 Å². The Morgan fingerprint density at radius 2 is 1.41 bits per heavy atom. The average Bonchev–Trinajstić information content (AvgIpc) is 2.92. The number of nitrogens with zero attached hydrogens (tertiary/aromatic N) is 6. The Labute approximate surface area is 244 Å². The fourth-order valence-electron chi connectivity index (χ4n) is 7.08. The van der Waals surface area contributed by atoms with Gasteiger partial charge in [0.05, 0.1) is 18.2 Å². The molecule has 41 heavy (non-hydrogen) atoms. The van der Waals surface area contributed by atoms with E-state index in [1.54, 1.807) is 6.07 Å². The molecule has 4 heterocycles. The number of carbonyl (C=O) groups is 1. The van der Waals surface area contributed by atoms with Crippen LogP contribution in [0.4, 0.5) is 16.2 Å². The van der Waals surface area contributed by atoms with E-state index in [4.69, 9.17) is 9.47 Å². The van der Waals surface area contributed by atoms with Crippen LogP contribution in [0.3, 0.4) is 0 Å². The lowest BCUT2D eigenvalue weighted by molar-refractivity contribution is -0.385. The van der Waals surface area contributed by atoms with Gasteiger partial charge in [0.1, 0.15) is 5.60 Å². The van der Waals surface area contributed by atoms with Crippen molar-refractivity contribution in [2.24, 2.45) is 0 Å². The van der Waals surface area contributed by atoms with Crippen LogP contribution in [0.2, 0.25) is 0 Å². The van der Waals surface area contributed by atoms with Gasteiger partial charge in [0.25, 0.3) is 0 Å². The first-order chi connectivity index (χ1) is 19.5. The number of amides is 1. The number of methoxy groups -OCH3 is 1. The van der Waals surface area contributed by atoms with E-state index in [0.29, 0.717) is 17.8 Å². The lowest BCUT2D eigenvalue weighted by Crippen LogP contribution is -2.63. The predicted molar refractivity (Wildman–Crippen MR) is 159 cm³/mol. The molecule has 4 saturated heterocycles. The minimum atomic E-state index is -0.455. The normalized spacial score (nSPS) is 24.3. The summed E-state index contributed by atoms with van der Waals surface area (Å²) < 4.78 is 10.9. The smallest absolute Gasteiger partial charge is 0.411 e. The molecule has 0 aromatic heterocycles. The van der Waals surface area contributed by atoms with E-state index in [0.717, 1.165) is 102 Å². The Balaban J connectivity index is 1.05. The molecule has 5 rings (SSSR count). The summed E-state index contributed by atoms with van der Waals surface area (Å²) in [6.07, 6.45) is 5.59. The predicted octanol–water partition coefficient (Wildman–Crippen LogP) is 3.93. The van der Waals surface area contributed by atoms with Gasteiger partial charge in [-0.2, -0.15) is 0 Å². The molecule has 1 unspecified atom stereocenters. The molecule has 4 fully saturated rings. The molecular formula is C30H48N6O5. The zero-order valence-corrected chi connectivity index (χ0v) is 25.5. The van der Waals surface area contributed by atoms with Crippen LogP contribution in [0.25, 0.3) is 0 Å². The van der Waals surface area contributed by atoms with Gasteiger partial charge in [-0.3, -0.25) is 29.7 Å². The standard InChI is InChI=1S/C30H48N6O5/c1-22-20-26(36(38)39)27(40-5)21-25(22)33-11-6-23(7-12-33)31-16-18-32(19-17-31)24-8-13-34(14-9-24)28-10-15-35(28)29(37)41-30(2,3)4/h20-21,23-24,28H,6-19H2,1-5H3. The number of aryl methyl sites for hydroxylation is 1. The molecule has 0 aliphatic carbocycles. The lowest BCUT2D eigenvalue weighted by atomic mass is 9.98. The highest BCUT2D eigenvalue weighted by molar-refractivity contribution is 5.69. The second kappa shape index (κ2) is 12.3. The summed E-state index contributed by atoms with van der Waals surface area (Å²) in [6.45, 7) is 17.0. The Kier molecular flexibility index (Phi) is 8.96. The van der Waals surface area contributed by atoms with E-state index < -0.39 is 5.60 Å². The summed E-state index contributed by atoms with van der Waals surface area (Å²) in [5, 5.41) is 11.4. The van der Waals surface area contributed by atoms with Gasteiger partial charge in [-0.1, -0.05) is 0 Å². The second-order valence-corrected chi connectivity index (χ2v) is 13.1. The highest BCUT2D eigenvalue weighted by Gasteiger charge is 2.41. The number of anilines is 1. The maximum Gasteiger partial charge on any atom is 0.411 e. The second-order valence-electron chi connectivity index (χ2n) is 13.1. The maximum atomic E-state index is 12.6. The van der Waals surface area contributed by atoms with Crippen molar-refractivity contribution < 1.29 is 19.2 Å². The van der Waals surface area contributed by atoms with Crippen molar-refractivity contribution in [1.29, 1.82) is 0 Å². The van der Waals surface area contributed by atoms with Gasteiger partial charge in [-0.25, -0.2) is 4.79 Å². The molecule has 1 aromatic carbocycles. The van der Waals surface area contributed by atoms with E-state index in [2.05, 4.69) is 19.6 Å². The molecule has 0 bridgehead atoms. The van der Waals surface area contributed by atoms with Crippen LogP contribution in [-0.2, 0) is 4.74 Å². The van der Waals surface area contributed by atoms with E-state index >= 15 is 0 Å². The molecule has 1 amide bonds. The van der Waals surface area contributed by atoms with Crippen molar-refractivity contribution in [3.05, 3.63) is 27.8 Å². The first kappa shape index (κ1) is 29.8. The maximum absolute atomic E-state index is 12.6. The monoisotopic (exact) mass is 572 g/mol. The minimum Gasteiger partial charge on any atom is -0.490 e. The third-order valence-electron chi connectivity index (χ3n) is 9.42. The first-order valence-corrected chi connectivity index (χ1v) is 15.3. The number of piperidine rings is 2. The van der Waals surface area contributed by atoms with Gasteiger partial charge < -0.3 is 14.4 Å². The summed E-state index contributed by atoms with van der Waals surface area (Å²) in [5.74, 6) is 0.327. The quantitative estimate of drug-likeness (QED) is 0.371. The van der Waals surface area contributed by atoms with Crippen LogP contribution in [0.1, 0.15) is 58.4 Å². The van der Waals surface area contributed by atoms with Crippen LogP contribution in [0, 0.1) is 17.0 Å². The number of piperazine rings is 1. The van der Waals surface area contributed by atoms with E-state index in [-0.39, 0.29) is 22.9 Å². The van der Waals surface area contributed by atoms with Crippen LogP contribution >= 0.6 is 0 Å². The Morgan fingerprint density at radius 3 is 1.88 bits per heavy atom. The highest BCUT2D eigenvalue weighted by atomic mass is 16.6. The van der Waals surface area contributed by atoms with Crippen LogP contribution in [0.5, 0.6) is 5.75 Å². The lowest BCUT2D eigenvalue weighted by Gasteiger charge is -2.51. The molecule has 4 aliphatic rings. The zero-order valence-electron chi connectivity index (χ0n) is 25.5. The number of nitro groups is 1. The largest absolute Gasteiger partial charge is 0.490 e. The Hall–Kier alpha value is -2.63. The average molecular weight is 573 g/mol. The number of hydrogen-bond donors (Lipinski definition) is 0. The van der Waals surface area contributed by atoms with Crippen LogP contribution in [0.15, 0.2) is 12.1 Å². The summed E-state index contributed by atoms with van der Waals surface area (Å²) in [5.41, 5.74) is 1.53. The molecule has 0 spiro atoms. The van der Waals surface area contributed by atoms with Gasteiger partial charge in [0, 0.05) is 88.8 Å². The summed E-state index contributed by atoms with van der Waals surface area (Å²) in [4.78, 5) is 35.7. The molecule has 0 radical (unpaired) electrons.